The molecule has 0 saturated carbocycles. The lowest BCUT2D eigenvalue weighted by Gasteiger charge is -2.19. The van der Waals surface area contributed by atoms with Crippen molar-refractivity contribution < 1.29 is 9.26 Å². The Balaban J connectivity index is 2.51. The summed E-state index contributed by atoms with van der Waals surface area (Å²) in [7, 11) is 1.67. The third-order valence-electron chi connectivity index (χ3n) is 2.71. The smallest absolute Gasteiger partial charge is 0.228 e. The van der Waals surface area contributed by atoms with E-state index in [1.807, 2.05) is 0 Å². The highest BCUT2D eigenvalue weighted by Gasteiger charge is 2.16. The van der Waals surface area contributed by atoms with Gasteiger partial charge in [-0.05, 0) is 12.5 Å². The van der Waals surface area contributed by atoms with Gasteiger partial charge in [0.1, 0.15) is 0 Å². The molecule has 98 valence electrons. The van der Waals surface area contributed by atoms with Crippen molar-refractivity contribution in [2.75, 3.05) is 20.3 Å². The third-order valence-corrected chi connectivity index (χ3v) is 2.71. The van der Waals surface area contributed by atoms with Crippen molar-refractivity contribution in [3.05, 3.63) is 11.7 Å². The van der Waals surface area contributed by atoms with Gasteiger partial charge in [0.25, 0.3) is 0 Å². The number of rotatable bonds is 8. The summed E-state index contributed by atoms with van der Waals surface area (Å²) in [5, 5.41) is 7.36. The molecular weight excluding hydrogens is 218 g/mol. The van der Waals surface area contributed by atoms with Crippen LogP contribution in [-0.2, 0) is 17.6 Å². The van der Waals surface area contributed by atoms with Gasteiger partial charge in [0.2, 0.25) is 5.89 Å². The zero-order valence-electron chi connectivity index (χ0n) is 11.2. The Morgan fingerprint density at radius 2 is 2.18 bits per heavy atom. The summed E-state index contributed by atoms with van der Waals surface area (Å²) in [5.41, 5.74) is 0. The van der Waals surface area contributed by atoms with Crippen molar-refractivity contribution in [1.29, 1.82) is 0 Å². The van der Waals surface area contributed by atoms with Gasteiger partial charge in [-0.1, -0.05) is 25.9 Å². The monoisotopic (exact) mass is 241 g/mol. The molecule has 17 heavy (non-hydrogen) atoms. The molecule has 1 aromatic heterocycles. The molecule has 0 fully saturated rings. The van der Waals surface area contributed by atoms with Gasteiger partial charge in [-0.3, -0.25) is 0 Å². The molecule has 0 saturated heterocycles. The maximum atomic E-state index is 5.23. The molecule has 1 N–H and O–H groups in total. The Labute approximate surface area is 103 Å². The summed E-state index contributed by atoms with van der Waals surface area (Å²) in [6, 6.07) is 0.385. The lowest BCUT2D eigenvalue weighted by Crippen LogP contribution is -2.35. The molecular formula is C12H23N3O2. The van der Waals surface area contributed by atoms with Crippen LogP contribution in [0.2, 0.25) is 0 Å². The second kappa shape index (κ2) is 7.40. The average molecular weight is 241 g/mol. The van der Waals surface area contributed by atoms with Crippen LogP contribution in [0.1, 0.15) is 32.5 Å². The van der Waals surface area contributed by atoms with Crippen molar-refractivity contribution in [3.8, 4) is 0 Å². The minimum atomic E-state index is 0.385. The van der Waals surface area contributed by atoms with Crippen molar-refractivity contribution in [2.24, 2.45) is 5.92 Å². The van der Waals surface area contributed by atoms with Gasteiger partial charge in [0.15, 0.2) is 5.82 Å². The lowest BCUT2D eigenvalue weighted by molar-refractivity contribution is 0.199. The van der Waals surface area contributed by atoms with E-state index in [1.165, 1.54) is 0 Å². The van der Waals surface area contributed by atoms with Crippen molar-refractivity contribution in [3.63, 3.8) is 0 Å². The number of hydrogen-bond donors (Lipinski definition) is 1. The molecule has 0 aliphatic rings. The topological polar surface area (TPSA) is 60.2 Å². The molecule has 0 amide bonds. The molecule has 0 aliphatic heterocycles. The second-order valence-corrected chi connectivity index (χ2v) is 4.46. The third kappa shape index (κ3) is 4.83. The fraction of sp³-hybridized carbons (Fsp3) is 0.833. The van der Waals surface area contributed by atoms with Crippen LogP contribution in [0.4, 0.5) is 0 Å². The van der Waals surface area contributed by atoms with Gasteiger partial charge < -0.3 is 14.6 Å². The fourth-order valence-electron chi connectivity index (χ4n) is 1.66. The van der Waals surface area contributed by atoms with Crippen LogP contribution >= 0.6 is 0 Å². The molecule has 1 atom stereocenters. The molecule has 5 nitrogen and oxygen atoms in total. The predicted octanol–water partition coefficient (Wildman–Crippen LogP) is 1.44. The SMILES string of the molecule is CCNC(Cc1nc(CCOC)no1)C(C)C. The highest BCUT2D eigenvalue weighted by molar-refractivity contribution is 4.90. The minimum absolute atomic E-state index is 0.385. The van der Waals surface area contributed by atoms with Crippen LogP contribution < -0.4 is 5.32 Å². The molecule has 5 heteroatoms. The van der Waals surface area contributed by atoms with E-state index < -0.39 is 0 Å². The van der Waals surface area contributed by atoms with Gasteiger partial charge in [-0.15, -0.1) is 0 Å². The highest BCUT2D eigenvalue weighted by atomic mass is 16.5. The molecule has 0 radical (unpaired) electrons. The summed E-state index contributed by atoms with van der Waals surface area (Å²) < 4.78 is 10.2. The maximum absolute atomic E-state index is 5.23. The van der Waals surface area contributed by atoms with Crippen molar-refractivity contribution in [2.45, 2.75) is 39.7 Å². The molecule has 0 spiro atoms. The van der Waals surface area contributed by atoms with Gasteiger partial charge in [0.05, 0.1) is 6.61 Å². The van der Waals surface area contributed by atoms with Crippen molar-refractivity contribution in [1.82, 2.24) is 15.5 Å². The summed E-state index contributed by atoms with van der Waals surface area (Å²) in [6.45, 7) is 8.06. The van der Waals surface area contributed by atoms with E-state index in [2.05, 4.69) is 36.2 Å². The molecule has 1 heterocycles. The van der Waals surface area contributed by atoms with Gasteiger partial charge in [0, 0.05) is 26.0 Å². The molecule has 1 unspecified atom stereocenters. The molecule has 1 rings (SSSR count). The minimum Gasteiger partial charge on any atom is -0.384 e. The van der Waals surface area contributed by atoms with Crippen LogP contribution in [0, 0.1) is 5.92 Å². The Morgan fingerprint density at radius 3 is 2.76 bits per heavy atom. The molecule has 0 aromatic carbocycles. The maximum Gasteiger partial charge on any atom is 0.228 e. The number of likely N-dealkylation sites (N-methyl/N-ethyl adjacent to an activating group) is 1. The Bertz CT molecular complexity index is 312. The summed E-state index contributed by atoms with van der Waals surface area (Å²) in [6.07, 6.45) is 1.49. The van der Waals surface area contributed by atoms with Crippen molar-refractivity contribution >= 4 is 0 Å². The number of nitrogens with one attached hydrogen (secondary N) is 1. The largest absolute Gasteiger partial charge is 0.384 e. The predicted molar refractivity (Wildman–Crippen MR) is 65.9 cm³/mol. The van der Waals surface area contributed by atoms with Crippen LogP contribution in [0.3, 0.4) is 0 Å². The van der Waals surface area contributed by atoms with Gasteiger partial charge in [-0.2, -0.15) is 4.98 Å². The first-order valence-corrected chi connectivity index (χ1v) is 6.21. The van der Waals surface area contributed by atoms with Crippen LogP contribution in [0.15, 0.2) is 4.52 Å². The van der Waals surface area contributed by atoms with E-state index in [0.29, 0.717) is 30.9 Å². The number of hydrogen-bond acceptors (Lipinski definition) is 5. The van der Waals surface area contributed by atoms with E-state index in [4.69, 9.17) is 9.26 Å². The Hall–Kier alpha value is -0.940. The van der Waals surface area contributed by atoms with E-state index in [9.17, 15) is 0 Å². The highest BCUT2D eigenvalue weighted by Crippen LogP contribution is 2.09. The van der Waals surface area contributed by atoms with E-state index >= 15 is 0 Å². The summed E-state index contributed by atoms with van der Waals surface area (Å²) in [5.74, 6) is 1.97. The normalized spacial score (nSPS) is 13.2. The van der Waals surface area contributed by atoms with Crippen LogP contribution in [0.5, 0.6) is 0 Å². The fourth-order valence-corrected chi connectivity index (χ4v) is 1.66. The lowest BCUT2D eigenvalue weighted by atomic mass is 10.0. The number of aromatic nitrogens is 2. The Kier molecular flexibility index (Phi) is 6.15. The molecule has 0 bridgehead atoms. The zero-order chi connectivity index (χ0) is 12.7. The Morgan fingerprint density at radius 1 is 1.41 bits per heavy atom. The zero-order valence-corrected chi connectivity index (χ0v) is 11.2. The second-order valence-electron chi connectivity index (χ2n) is 4.46. The average Bonchev–Trinajstić information content (AvgIpc) is 2.73. The van der Waals surface area contributed by atoms with E-state index in [0.717, 1.165) is 18.8 Å². The first-order chi connectivity index (χ1) is 8.17. The number of ether oxygens (including phenoxy) is 1. The summed E-state index contributed by atoms with van der Waals surface area (Å²) in [4.78, 5) is 4.35. The van der Waals surface area contributed by atoms with Gasteiger partial charge >= 0.3 is 0 Å². The van der Waals surface area contributed by atoms with Crippen LogP contribution in [0.25, 0.3) is 0 Å². The summed E-state index contributed by atoms with van der Waals surface area (Å²) >= 11 is 0. The standard InChI is InChI=1S/C12H23N3O2/c1-5-13-10(9(2)3)8-12-14-11(15-17-12)6-7-16-4/h9-10,13H,5-8H2,1-4H3. The van der Waals surface area contributed by atoms with Gasteiger partial charge in [-0.25, -0.2) is 0 Å². The molecule has 1 aromatic rings. The number of methoxy groups -OCH3 is 1. The first kappa shape index (κ1) is 14.1. The van der Waals surface area contributed by atoms with E-state index in [-0.39, 0.29) is 0 Å². The quantitative estimate of drug-likeness (QED) is 0.746. The van der Waals surface area contributed by atoms with E-state index in [1.54, 1.807) is 7.11 Å². The number of nitrogens with zero attached hydrogens (tertiary/aromatic N) is 2. The van der Waals surface area contributed by atoms with Crippen LogP contribution in [-0.4, -0.2) is 36.4 Å². The molecule has 0 aliphatic carbocycles. The first-order valence-electron chi connectivity index (χ1n) is 6.21.